The highest BCUT2D eigenvalue weighted by molar-refractivity contribution is 5.85. The fourth-order valence-electron chi connectivity index (χ4n) is 3.20. The summed E-state index contributed by atoms with van der Waals surface area (Å²) in [6.07, 6.45) is -2.00. The molecule has 2 rings (SSSR count). The Morgan fingerprint density at radius 1 is 1.08 bits per heavy atom. The third-order valence-electron chi connectivity index (χ3n) is 4.93. The summed E-state index contributed by atoms with van der Waals surface area (Å²) in [5.74, 6) is -1.37. The first-order valence-electron chi connectivity index (χ1n) is 11.2. The molecule has 3 N–H and O–H groups in total. The first-order valence-corrected chi connectivity index (χ1v) is 11.2. The summed E-state index contributed by atoms with van der Waals surface area (Å²) in [7, 11) is 1.15. The number of unbranched alkanes of at least 4 members (excludes halogenated alkanes) is 1. The van der Waals surface area contributed by atoms with Crippen LogP contribution in [0, 0.1) is 6.92 Å². The lowest BCUT2D eigenvalue weighted by Gasteiger charge is -2.19. The molecule has 2 aromatic rings. The lowest BCUT2D eigenvalue weighted by molar-refractivity contribution is -0.274. The van der Waals surface area contributed by atoms with Crippen LogP contribution in [-0.4, -0.2) is 49.3 Å². The summed E-state index contributed by atoms with van der Waals surface area (Å²) in [4.78, 5) is 40.4. The third kappa shape index (κ3) is 11.1. The largest absolute Gasteiger partial charge is 0.573 e. The van der Waals surface area contributed by atoms with Crippen molar-refractivity contribution in [2.75, 3.05) is 25.5 Å². The highest BCUT2D eigenvalue weighted by Gasteiger charge is 2.31. The van der Waals surface area contributed by atoms with Crippen molar-refractivity contribution in [3.63, 3.8) is 0 Å². The summed E-state index contributed by atoms with van der Waals surface area (Å²) in [5.41, 5.74) is 1.29. The van der Waals surface area contributed by atoms with Crippen molar-refractivity contribution in [2.24, 2.45) is 0 Å². The van der Waals surface area contributed by atoms with Crippen LogP contribution < -0.4 is 20.7 Å². The lowest BCUT2D eigenvalue weighted by Crippen LogP contribution is -2.39. The summed E-state index contributed by atoms with van der Waals surface area (Å²) in [6.45, 7) is 2.24. The molecule has 0 saturated heterocycles. The van der Waals surface area contributed by atoms with Crippen molar-refractivity contribution in [1.82, 2.24) is 15.6 Å². The van der Waals surface area contributed by atoms with E-state index in [2.05, 4.69) is 30.4 Å². The van der Waals surface area contributed by atoms with E-state index in [4.69, 9.17) is 0 Å². The number of pyridine rings is 1. The number of alkyl halides is 3. The Morgan fingerprint density at radius 2 is 1.86 bits per heavy atom. The van der Waals surface area contributed by atoms with Crippen LogP contribution in [0.3, 0.4) is 0 Å². The number of carbonyl (C=O) groups is 3. The van der Waals surface area contributed by atoms with Crippen LogP contribution in [0.4, 0.5) is 19.0 Å². The molecule has 0 bridgehead atoms. The summed E-state index contributed by atoms with van der Waals surface area (Å²) < 4.78 is 46.1. The number of nitrogens with one attached hydrogen (secondary N) is 3. The zero-order valence-electron chi connectivity index (χ0n) is 20.0. The molecule has 1 atom stereocenters. The SMILES string of the molecule is COC(=O)CC(NC(=O)CNC(=O)CCCCNc1cc(C)ccn1)c1cccc(OC(F)(F)F)c1. The fourth-order valence-corrected chi connectivity index (χ4v) is 3.20. The van der Waals surface area contributed by atoms with Crippen LogP contribution in [0.15, 0.2) is 42.6 Å². The summed E-state index contributed by atoms with van der Waals surface area (Å²) in [5, 5.41) is 8.19. The monoisotopic (exact) mass is 510 g/mol. The Labute approximate surface area is 206 Å². The Morgan fingerprint density at radius 3 is 2.56 bits per heavy atom. The van der Waals surface area contributed by atoms with Crippen LogP contribution in [0.1, 0.15) is 42.9 Å². The quantitative estimate of drug-likeness (QED) is 0.279. The summed E-state index contributed by atoms with van der Waals surface area (Å²) >= 11 is 0. The number of halogens is 3. The molecule has 2 amide bonds. The minimum atomic E-state index is -4.89. The average molecular weight is 511 g/mol. The van der Waals surface area contributed by atoms with E-state index in [-0.39, 0.29) is 30.9 Å². The van der Waals surface area contributed by atoms with E-state index in [1.54, 1.807) is 6.20 Å². The molecule has 0 aliphatic carbocycles. The molecule has 12 heteroatoms. The van der Waals surface area contributed by atoms with E-state index in [1.807, 2.05) is 19.1 Å². The van der Waals surface area contributed by atoms with E-state index in [0.29, 0.717) is 19.4 Å². The van der Waals surface area contributed by atoms with Gasteiger partial charge in [0.15, 0.2) is 0 Å². The van der Waals surface area contributed by atoms with Gasteiger partial charge in [0.25, 0.3) is 0 Å². The standard InChI is InChI=1S/C24H29F3N4O5/c1-16-9-11-29-20(12-16)28-10-4-3-8-21(32)30-15-22(33)31-19(14-23(34)35-2)17-6-5-7-18(13-17)36-24(25,26)27/h5-7,9,11-13,19H,3-4,8,10,14-15H2,1-2H3,(H,28,29)(H,30,32)(H,31,33). The van der Waals surface area contributed by atoms with Gasteiger partial charge in [0.2, 0.25) is 11.8 Å². The normalized spacial score (nSPS) is 11.8. The number of rotatable bonds is 13. The van der Waals surface area contributed by atoms with Gasteiger partial charge in [-0.15, -0.1) is 13.2 Å². The smallest absolute Gasteiger partial charge is 0.469 e. The van der Waals surface area contributed by atoms with Crippen molar-refractivity contribution >= 4 is 23.6 Å². The number of amides is 2. The van der Waals surface area contributed by atoms with E-state index in [1.165, 1.54) is 12.1 Å². The van der Waals surface area contributed by atoms with E-state index >= 15 is 0 Å². The molecule has 9 nitrogen and oxygen atoms in total. The van der Waals surface area contributed by atoms with Gasteiger partial charge in [-0.3, -0.25) is 14.4 Å². The van der Waals surface area contributed by atoms with Crippen LogP contribution in [0.5, 0.6) is 5.75 Å². The van der Waals surface area contributed by atoms with Gasteiger partial charge in [0.1, 0.15) is 11.6 Å². The van der Waals surface area contributed by atoms with Gasteiger partial charge in [-0.05, 0) is 55.2 Å². The number of nitrogens with zero attached hydrogens (tertiary/aromatic N) is 1. The predicted molar refractivity (Wildman–Crippen MR) is 125 cm³/mol. The number of methoxy groups -OCH3 is 1. The molecule has 1 aromatic heterocycles. The Hall–Kier alpha value is -3.83. The van der Waals surface area contributed by atoms with E-state index in [0.717, 1.165) is 30.6 Å². The predicted octanol–water partition coefficient (Wildman–Crippen LogP) is 3.41. The van der Waals surface area contributed by atoms with Crippen LogP contribution in [0.2, 0.25) is 0 Å². The number of hydrogen-bond acceptors (Lipinski definition) is 7. The van der Waals surface area contributed by atoms with Gasteiger partial charge in [0.05, 0.1) is 26.1 Å². The van der Waals surface area contributed by atoms with E-state index < -0.39 is 30.0 Å². The maximum atomic E-state index is 12.5. The minimum absolute atomic E-state index is 0.206. The minimum Gasteiger partial charge on any atom is -0.469 e. The second-order valence-electron chi connectivity index (χ2n) is 7.90. The van der Waals surface area contributed by atoms with Crippen LogP contribution in [-0.2, 0) is 19.1 Å². The third-order valence-corrected chi connectivity index (χ3v) is 4.93. The Bertz CT molecular complexity index is 1030. The number of aryl methyl sites for hydroxylation is 1. The van der Waals surface area contributed by atoms with Gasteiger partial charge in [-0.25, -0.2) is 4.98 Å². The fraction of sp³-hybridized carbons (Fsp3) is 0.417. The molecule has 1 aromatic carbocycles. The zero-order chi connectivity index (χ0) is 26.6. The number of ether oxygens (including phenoxy) is 2. The maximum absolute atomic E-state index is 12.5. The molecule has 196 valence electrons. The van der Waals surface area contributed by atoms with Crippen molar-refractivity contribution in [1.29, 1.82) is 0 Å². The molecule has 1 unspecified atom stereocenters. The molecule has 0 fully saturated rings. The van der Waals surface area contributed by atoms with Crippen molar-refractivity contribution in [3.8, 4) is 5.75 Å². The van der Waals surface area contributed by atoms with Crippen molar-refractivity contribution in [3.05, 3.63) is 53.7 Å². The van der Waals surface area contributed by atoms with Gasteiger partial charge >= 0.3 is 12.3 Å². The number of carbonyl (C=O) groups excluding carboxylic acids is 3. The van der Waals surface area contributed by atoms with Crippen LogP contribution >= 0.6 is 0 Å². The Kier molecular flexibility index (Phi) is 11.0. The number of anilines is 1. The molecule has 0 spiro atoms. The Balaban J connectivity index is 1.81. The molecular formula is C24H29F3N4O5. The number of hydrogen-bond donors (Lipinski definition) is 3. The topological polar surface area (TPSA) is 119 Å². The molecule has 0 aliphatic heterocycles. The second-order valence-corrected chi connectivity index (χ2v) is 7.90. The highest BCUT2D eigenvalue weighted by Crippen LogP contribution is 2.27. The zero-order valence-corrected chi connectivity index (χ0v) is 20.0. The number of benzene rings is 1. The van der Waals surface area contributed by atoms with Crippen molar-refractivity contribution in [2.45, 2.75) is 45.0 Å². The molecule has 0 aliphatic rings. The molecule has 0 saturated carbocycles. The lowest BCUT2D eigenvalue weighted by atomic mass is 10.0. The second kappa shape index (κ2) is 13.9. The maximum Gasteiger partial charge on any atom is 0.573 e. The van der Waals surface area contributed by atoms with Gasteiger partial charge in [-0.2, -0.15) is 0 Å². The van der Waals surface area contributed by atoms with E-state index in [9.17, 15) is 27.6 Å². The van der Waals surface area contributed by atoms with Gasteiger partial charge in [0, 0.05) is 19.2 Å². The molecule has 36 heavy (non-hydrogen) atoms. The first-order chi connectivity index (χ1) is 17.1. The van der Waals surface area contributed by atoms with Crippen molar-refractivity contribution < 1.29 is 37.0 Å². The summed E-state index contributed by atoms with van der Waals surface area (Å²) in [6, 6.07) is 7.73. The molecule has 1 heterocycles. The number of aromatic nitrogens is 1. The molecule has 0 radical (unpaired) electrons. The van der Waals surface area contributed by atoms with Crippen LogP contribution in [0.25, 0.3) is 0 Å². The number of esters is 1. The first kappa shape index (κ1) is 28.4. The average Bonchev–Trinajstić information content (AvgIpc) is 2.81. The van der Waals surface area contributed by atoms with Gasteiger partial charge in [-0.1, -0.05) is 12.1 Å². The van der Waals surface area contributed by atoms with Gasteiger partial charge < -0.3 is 25.4 Å². The highest BCUT2D eigenvalue weighted by atomic mass is 19.4. The molecular weight excluding hydrogens is 481 g/mol.